The molecule has 6 heterocycles. The van der Waals surface area contributed by atoms with E-state index in [1.54, 1.807) is 0 Å². The Morgan fingerprint density at radius 2 is 0.589 bits per heavy atom. The Hall–Kier alpha value is -7.98. The van der Waals surface area contributed by atoms with Gasteiger partial charge in [0.2, 0.25) is 11.8 Å². The highest BCUT2D eigenvalue weighted by molar-refractivity contribution is 6.05. The van der Waals surface area contributed by atoms with Crippen LogP contribution in [0.2, 0.25) is 0 Å². The van der Waals surface area contributed by atoms with Crippen molar-refractivity contribution >= 4 is 43.6 Å². The van der Waals surface area contributed by atoms with E-state index >= 15 is 0 Å². The molecule has 10 nitrogen and oxygen atoms in total. The number of nitrogens with zero attached hydrogens (tertiary/aromatic N) is 8. The molecule has 11 rings (SSSR count). The lowest BCUT2D eigenvalue weighted by atomic mass is 10.1. The van der Waals surface area contributed by atoms with Crippen LogP contribution in [0.5, 0.6) is 0 Å². The number of hydrogen-bond acceptors (Lipinski definition) is 10. The summed E-state index contributed by atoms with van der Waals surface area (Å²) in [5.41, 5.74) is 9.45. The van der Waals surface area contributed by atoms with Gasteiger partial charge in [0.15, 0.2) is 0 Å². The van der Waals surface area contributed by atoms with Gasteiger partial charge in [-0.3, -0.25) is 0 Å². The minimum atomic E-state index is 0.295. The van der Waals surface area contributed by atoms with Gasteiger partial charge in [0.1, 0.15) is 11.4 Å². The molecule has 6 aromatic heterocycles. The molecule has 0 fully saturated rings. The van der Waals surface area contributed by atoms with Crippen molar-refractivity contribution in [3.63, 3.8) is 0 Å². The number of pyridine rings is 4. The molecule has 5 aromatic carbocycles. The third-order valence-electron chi connectivity index (χ3n) is 9.82. The van der Waals surface area contributed by atoms with Gasteiger partial charge in [-0.05, 0) is 42.5 Å². The van der Waals surface area contributed by atoms with Gasteiger partial charge in [-0.15, -0.1) is 20.4 Å². The van der Waals surface area contributed by atoms with Crippen LogP contribution < -0.4 is 0 Å². The summed E-state index contributed by atoms with van der Waals surface area (Å²) < 4.78 is 12.4. The van der Waals surface area contributed by atoms with Crippen molar-refractivity contribution in [1.29, 1.82) is 0 Å². The summed E-state index contributed by atoms with van der Waals surface area (Å²) in [5.74, 6) is 1.25. The summed E-state index contributed by atoms with van der Waals surface area (Å²) in [6.45, 7) is 0. The normalized spacial score (nSPS) is 11.6. The fourth-order valence-corrected chi connectivity index (χ4v) is 6.99. The third-order valence-corrected chi connectivity index (χ3v) is 9.82. The first-order valence-corrected chi connectivity index (χ1v) is 18.0. The van der Waals surface area contributed by atoms with Crippen molar-refractivity contribution in [3.8, 4) is 68.6 Å². The fourth-order valence-electron chi connectivity index (χ4n) is 6.99. The molecule has 262 valence electrons. The molecular formula is C46H26N8O2. The maximum absolute atomic E-state index is 6.20. The van der Waals surface area contributed by atoms with Crippen molar-refractivity contribution in [2.45, 2.75) is 0 Å². The summed E-state index contributed by atoms with van der Waals surface area (Å²) in [5, 5.41) is 21.4. The number of rotatable bonds is 6. The van der Waals surface area contributed by atoms with E-state index in [1.807, 2.05) is 133 Å². The lowest BCUT2D eigenvalue weighted by Gasteiger charge is -2.07. The second kappa shape index (κ2) is 12.9. The summed E-state index contributed by atoms with van der Waals surface area (Å²) in [6, 6.07) is 51.9. The molecular weight excluding hydrogens is 697 g/mol. The first kappa shape index (κ1) is 31.5. The molecule has 11 aromatic rings. The van der Waals surface area contributed by atoms with Crippen LogP contribution in [0.4, 0.5) is 0 Å². The Morgan fingerprint density at radius 3 is 1.00 bits per heavy atom. The zero-order valence-corrected chi connectivity index (χ0v) is 29.4. The van der Waals surface area contributed by atoms with Crippen LogP contribution in [0.1, 0.15) is 0 Å². The van der Waals surface area contributed by atoms with Gasteiger partial charge in [0, 0.05) is 43.8 Å². The van der Waals surface area contributed by atoms with Crippen molar-refractivity contribution in [2.75, 3.05) is 0 Å². The third kappa shape index (κ3) is 5.52. The van der Waals surface area contributed by atoms with E-state index in [-0.39, 0.29) is 0 Å². The molecule has 10 heteroatoms. The Bertz CT molecular complexity index is 3050. The predicted molar refractivity (Wildman–Crippen MR) is 216 cm³/mol. The maximum Gasteiger partial charge on any atom is 0.266 e. The van der Waals surface area contributed by atoms with E-state index < -0.39 is 0 Å². The van der Waals surface area contributed by atoms with Crippen LogP contribution in [-0.2, 0) is 0 Å². The first-order valence-electron chi connectivity index (χ1n) is 18.0. The standard InChI is InChI=1S/C46H26N8O2/c1-3-8-27(9-4-1)35-22-18-29-14-16-31-20-24-37(49-41(31)39(29)47-35)45-53-51-43(55-45)33-12-7-13-34(26-33)44-52-54-46(56-44)38-25-21-32-17-15-30-19-23-36(28-10-5-2-6-11-28)48-40(30)42(32)50-38/h1-26H. The SMILES string of the molecule is c1ccc(-c2ccc3ccc4ccc(-c5nnc(-c6cccc(-c7nnc(-c8ccc9ccc%10ccc(-c%11ccccc%11)nc%10c9n8)o7)c6)o5)nc4c3n2)cc1. The van der Waals surface area contributed by atoms with Crippen LogP contribution >= 0.6 is 0 Å². The molecule has 0 saturated carbocycles. The molecule has 0 atom stereocenters. The minimum Gasteiger partial charge on any atom is -0.415 e. The number of fused-ring (bicyclic) bond motifs is 6. The Balaban J connectivity index is 0.902. The molecule has 0 aliphatic rings. The van der Waals surface area contributed by atoms with Crippen LogP contribution in [-0.4, -0.2) is 40.3 Å². The molecule has 56 heavy (non-hydrogen) atoms. The molecule has 0 aliphatic heterocycles. The van der Waals surface area contributed by atoms with Crippen molar-refractivity contribution < 1.29 is 8.83 Å². The summed E-state index contributed by atoms with van der Waals surface area (Å²) in [4.78, 5) is 19.9. The largest absolute Gasteiger partial charge is 0.415 e. The van der Waals surface area contributed by atoms with E-state index in [9.17, 15) is 0 Å². The highest BCUT2D eigenvalue weighted by atomic mass is 16.4. The average Bonchev–Trinajstić information content (AvgIpc) is 3.98. The fraction of sp³-hybridized carbons (Fsp3) is 0. The van der Waals surface area contributed by atoms with Gasteiger partial charge in [0.05, 0.1) is 33.5 Å². The highest BCUT2D eigenvalue weighted by Crippen LogP contribution is 2.33. The Labute approximate surface area is 318 Å². The van der Waals surface area contributed by atoms with E-state index in [1.165, 1.54) is 0 Å². The Morgan fingerprint density at radius 1 is 0.268 bits per heavy atom. The summed E-state index contributed by atoms with van der Waals surface area (Å²) >= 11 is 0. The van der Waals surface area contributed by atoms with Crippen LogP contribution in [0, 0.1) is 0 Å². The van der Waals surface area contributed by atoms with Crippen LogP contribution in [0.3, 0.4) is 0 Å². The summed E-state index contributed by atoms with van der Waals surface area (Å²) in [6.07, 6.45) is 0. The molecule has 0 N–H and O–H groups in total. The lowest BCUT2D eigenvalue weighted by molar-refractivity contribution is 0.580. The monoisotopic (exact) mass is 722 g/mol. The van der Waals surface area contributed by atoms with E-state index in [0.29, 0.717) is 46.1 Å². The molecule has 0 spiro atoms. The van der Waals surface area contributed by atoms with E-state index in [0.717, 1.165) is 66.1 Å². The van der Waals surface area contributed by atoms with Gasteiger partial charge in [-0.2, -0.15) is 0 Å². The molecule has 0 radical (unpaired) electrons. The number of aromatic nitrogens is 8. The zero-order chi connectivity index (χ0) is 37.0. The van der Waals surface area contributed by atoms with Gasteiger partial charge >= 0.3 is 0 Å². The smallest absolute Gasteiger partial charge is 0.266 e. The maximum atomic E-state index is 6.20. The molecule has 0 bridgehead atoms. The van der Waals surface area contributed by atoms with Gasteiger partial charge in [-0.1, -0.05) is 115 Å². The van der Waals surface area contributed by atoms with Crippen LogP contribution in [0.25, 0.3) is 112 Å². The van der Waals surface area contributed by atoms with Crippen molar-refractivity contribution in [3.05, 3.63) is 158 Å². The lowest BCUT2D eigenvalue weighted by Crippen LogP contribution is -1.91. The van der Waals surface area contributed by atoms with Crippen LogP contribution in [0.15, 0.2) is 167 Å². The van der Waals surface area contributed by atoms with E-state index in [4.69, 9.17) is 28.8 Å². The number of benzene rings is 5. The molecule has 0 amide bonds. The molecule has 0 saturated heterocycles. The molecule has 0 aliphatic carbocycles. The average molecular weight is 723 g/mol. The minimum absolute atomic E-state index is 0.295. The second-order valence-corrected chi connectivity index (χ2v) is 13.3. The van der Waals surface area contributed by atoms with Gasteiger partial charge < -0.3 is 8.83 Å². The first-order chi connectivity index (χ1) is 27.7. The molecule has 0 unspecified atom stereocenters. The highest BCUT2D eigenvalue weighted by Gasteiger charge is 2.18. The van der Waals surface area contributed by atoms with Crippen molar-refractivity contribution in [2.24, 2.45) is 0 Å². The van der Waals surface area contributed by atoms with Gasteiger partial charge in [0.25, 0.3) is 11.8 Å². The topological polar surface area (TPSA) is 129 Å². The zero-order valence-electron chi connectivity index (χ0n) is 29.4. The quantitative estimate of drug-likeness (QED) is 0.153. The van der Waals surface area contributed by atoms with E-state index in [2.05, 4.69) is 44.7 Å². The Kier molecular flexibility index (Phi) is 7.24. The van der Waals surface area contributed by atoms with Crippen molar-refractivity contribution in [1.82, 2.24) is 40.3 Å². The summed E-state index contributed by atoms with van der Waals surface area (Å²) in [7, 11) is 0. The predicted octanol–water partition coefficient (Wildman–Crippen LogP) is 10.6. The van der Waals surface area contributed by atoms with Gasteiger partial charge in [-0.25, -0.2) is 19.9 Å². The second-order valence-electron chi connectivity index (χ2n) is 13.3. The number of hydrogen-bond donors (Lipinski definition) is 0.